The van der Waals surface area contributed by atoms with Crippen molar-refractivity contribution in [3.63, 3.8) is 0 Å². The molecule has 0 radical (unpaired) electrons. The van der Waals surface area contributed by atoms with Gasteiger partial charge in [0.15, 0.2) is 0 Å². The van der Waals surface area contributed by atoms with Gasteiger partial charge in [-0.05, 0) is 13.8 Å². The number of rotatable bonds is 4. The SMILES string of the molecule is CC(C)(CN)C(=O)NCCC(F)(F)F. The lowest BCUT2D eigenvalue weighted by atomic mass is 9.93. The molecule has 0 aromatic carbocycles. The molecule has 6 heteroatoms. The van der Waals surface area contributed by atoms with Gasteiger partial charge < -0.3 is 11.1 Å². The van der Waals surface area contributed by atoms with Gasteiger partial charge in [-0.1, -0.05) is 0 Å². The van der Waals surface area contributed by atoms with Crippen LogP contribution in [-0.2, 0) is 4.79 Å². The van der Waals surface area contributed by atoms with Crippen molar-refractivity contribution in [2.24, 2.45) is 11.1 Å². The largest absolute Gasteiger partial charge is 0.390 e. The molecule has 0 unspecified atom stereocenters. The van der Waals surface area contributed by atoms with Gasteiger partial charge in [0.1, 0.15) is 0 Å². The fourth-order valence-electron chi connectivity index (χ4n) is 0.650. The summed E-state index contributed by atoms with van der Waals surface area (Å²) in [6, 6.07) is 0. The van der Waals surface area contributed by atoms with Crippen molar-refractivity contribution in [2.75, 3.05) is 13.1 Å². The van der Waals surface area contributed by atoms with Gasteiger partial charge in [0.05, 0.1) is 11.8 Å². The van der Waals surface area contributed by atoms with Gasteiger partial charge in [-0.25, -0.2) is 0 Å². The van der Waals surface area contributed by atoms with Crippen LogP contribution in [0.25, 0.3) is 0 Å². The number of halogens is 3. The molecular formula is C8H15F3N2O. The topological polar surface area (TPSA) is 55.1 Å². The summed E-state index contributed by atoms with van der Waals surface area (Å²) in [5.74, 6) is -0.454. The molecule has 0 saturated carbocycles. The lowest BCUT2D eigenvalue weighted by Gasteiger charge is -2.21. The molecule has 0 aliphatic carbocycles. The first kappa shape index (κ1) is 13.2. The first-order valence-corrected chi connectivity index (χ1v) is 4.24. The van der Waals surface area contributed by atoms with Gasteiger partial charge in [-0.3, -0.25) is 4.79 Å². The number of carbonyl (C=O) groups excluding carboxylic acids is 1. The molecule has 0 bridgehead atoms. The van der Waals surface area contributed by atoms with Gasteiger partial charge in [0.2, 0.25) is 5.91 Å². The molecule has 0 saturated heterocycles. The van der Waals surface area contributed by atoms with E-state index in [2.05, 4.69) is 5.32 Å². The third-order valence-corrected chi connectivity index (χ3v) is 1.82. The van der Waals surface area contributed by atoms with Gasteiger partial charge in [0.25, 0.3) is 0 Å². The van der Waals surface area contributed by atoms with E-state index in [9.17, 15) is 18.0 Å². The van der Waals surface area contributed by atoms with E-state index in [0.717, 1.165) is 0 Å². The van der Waals surface area contributed by atoms with Crippen molar-refractivity contribution < 1.29 is 18.0 Å². The summed E-state index contributed by atoms with van der Waals surface area (Å²) < 4.78 is 35.1. The van der Waals surface area contributed by atoms with E-state index < -0.39 is 30.5 Å². The molecule has 0 aliphatic rings. The Balaban J connectivity index is 3.87. The van der Waals surface area contributed by atoms with Crippen molar-refractivity contribution in [1.29, 1.82) is 0 Å². The molecule has 0 spiro atoms. The van der Waals surface area contributed by atoms with Crippen molar-refractivity contribution in [3.05, 3.63) is 0 Å². The second-order valence-electron chi connectivity index (χ2n) is 3.71. The number of carbonyl (C=O) groups is 1. The fraction of sp³-hybridized carbons (Fsp3) is 0.875. The lowest BCUT2D eigenvalue weighted by molar-refractivity contribution is -0.137. The summed E-state index contributed by atoms with van der Waals surface area (Å²) in [6.07, 6.45) is -5.25. The zero-order valence-corrected chi connectivity index (χ0v) is 8.24. The van der Waals surface area contributed by atoms with Crippen LogP contribution in [0.3, 0.4) is 0 Å². The average molecular weight is 212 g/mol. The summed E-state index contributed by atoms with van der Waals surface area (Å²) in [5, 5.41) is 2.19. The van der Waals surface area contributed by atoms with Crippen molar-refractivity contribution in [2.45, 2.75) is 26.4 Å². The van der Waals surface area contributed by atoms with Crippen LogP contribution in [0.1, 0.15) is 20.3 Å². The summed E-state index contributed by atoms with van der Waals surface area (Å²) in [7, 11) is 0. The highest BCUT2D eigenvalue weighted by Crippen LogP contribution is 2.19. The quantitative estimate of drug-likeness (QED) is 0.731. The van der Waals surface area contributed by atoms with E-state index in [1.54, 1.807) is 13.8 Å². The standard InChI is InChI=1S/C8H15F3N2O/c1-7(2,5-12)6(14)13-4-3-8(9,10)11/h3-5,12H2,1-2H3,(H,13,14). The van der Waals surface area contributed by atoms with Gasteiger partial charge in [-0.15, -0.1) is 0 Å². The molecule has 0 atom stereocenters. The molecule has 0 aromatic heterocycles. The molecule has 3 N–H and O–H groups in total. The summed E-state index contributed by atoms with van der Waals surface area (Å²) in [4.78, 5) is 11.2. The maximum atomic E-state index is 11.7. The number of hydrogen-bond acceptors (Lipinski definition) is 2. The van der Waals surface area contributed by atoms with Crippen LogP contribution in [0.15, 0.2) is 0 Å². The Morgan fingerprint density at radius 3 is 2.21 bits per heavy atom. The highest BCUT2D eigenvalue weighted by Gasteiger charge is 2.29. The van der Waals surface area contributed by atoms with Crippen molar-refractivity contribution in [1.82, 2.24) is 5.32 Å². The molecule has 0 rings (SSSR count). The molecule has 0 fully saturated rings. The Labute approximate surface area is 80.8 Å². The molecule has 3 nitrogen and oxygen atoms in total. The van der Waals surface area contributed by atoms with Crippen LogP contribution in [0.4, 0.5) is 13.2 Å². The van der Waals surface area contributed by atoms with Crippen LogP contribution in [0.5, 0.6) is 0 Å². The maximum Gasteiger partial charge on any atom is 0.390 e. The molecule has 0 aliphatic heterocycles. The Morgan fingerprint density at radius 2 is 1.86 bits per heavy atom. The molecule has 14 heavy (non-hydrogen) atoms. The van der Waals surface area contributed by atoms with Gasteiger partial charge in [-0.2, -0.15) is 13.2 Å². The van der Waals surface area contributed by atoms with E-state index in [4.69, 9.17) is 5.73 Å². The number of nitrogens with two attached hydrogens (primary N) is 1. The van der Waals surface area contributed by atoms with E-state index in [0.29, 0.717) is 0 Å². The van der Waals surface area contributed by atoms with Gasteiger partial charge in [0, 0.05) is 13.1 Å². The smallest absolute Gasteiger partial charge is 0.355 e. The second kappa shape index (κ2) is 4.63. The highest BCUT2D eigenvalue weighted by atomic mass is 19.4. The maximum absolute atomic E-state index is 11.7. The van der Waals surface area contributed by atoms with Gasteiger partial charge >= 0.3 is 6.18 Å². The number of nitrogens with one attached hydrogen (secondary N) is 1. The predicted octanol–water partition coefficient (Wildman–Crippen LogP) is 1.04. The van der Waals surface area contributed by atoms with E-state index in [1.165, 1.54) is 0 Å². The summed E-state index contributed by atoms with van der Waals surface area (Å²) >= 11 is 0. The molecule has 84 valence electrons. The Hall–Kier alpha value is -0.780. The average Bonchev–Trinajstić information content (AvgIpc) is 2.02. The fourth-order valence-corrected chi connectivity index (χ4v) is 0.650. The van der Waals surface area contributed by atoms with Crippen LogP contribution >= 0.6 is 0 Å². The van der Waals surface area contributed by atoms with E-state index >= 15 is 0 Å². The Kier molecular flexibility index (Phi) is 4.38. The third kappa shape index (κ3) is 5.06. The molecular weight excluding hydrogens is 197 g/mol. The minimum atomic E-state index is -4.24. The summed E-state index contributed by atoms with van der Waals surface area (Å²) in [5.41, 5.74) is 4.47. The van der Waals surface area contributed by atoms with Crippen LogP contribution in [-0.4, -0.2) is 25.2 Å². The third-order valence-electron chi connectivity index (χ3n) is 1.82. The molecule has 1 amide bonds. The minimum Gasteiger partial charge on any atom is -0.355 e. The molecule has 0 heterocycles. The van der Waals surface area contributed by atoms with E-state index in [-0.39, 0.29) is 6.54 Å². The zero-order chi connectivity index (χ0) is 11.4. The van der Waals surface area contributed by atoms with Crippen LogP contribution in [0, 0.1) is 5.41 Å². The highest BCUT2D eigenvalue weighted by molar-refractivity contribution is 5.81. The number of hydrogen-bond donors (Lipinski definition) is 2. The Bertz CT molecular complexity index is 201. The zero-order valence-electron chi connectivity index (χ0n) is 8.24. The minimum absolute atomic E-state index is 0.102. The van der Waals surface area contributed by atoms with Crippen molar-refractivity contribution >= 4 is 5.91 Å². The number of alkyl halides is 3. The monoisotopic (exact) mass is 212 g/mol. The first-order chi connectivity index (χ1) is 6.19. The lowest BCUT2D eigenvalue weighted by Crippen LogP contribution is -2.42. The first-order valence-electron chi connectivity index (χ1n) is 4.24. The number of amides is 1. The van der Waals surface area contributed by atoms with Crippen LogP contribution in [0.2, 0.25) is 0 Å². The van der Waals surface area contributed by atoms with Crippen LogP contribution < -0.4 is 11.1 Å². The molecule has 0 aromatic rings. The van der Waals surface area contributed by atoms with Crippen molar-refractivity contribution in [3.8, 4) is 0 Å². The second-order valence-corrected chi connectivity index (χ2v) is 3.71. The summed E-state index contributed by atoms with van der Waals surface area (Å²) in [6.45, 7) is 2.86. The van der Waals surface area contributed by atoms with E-state index in [1.807, 2.05) is 0 Å². The normalized spacial score (nSPS) is 12.7. The predicted molar refractivity (Wildman–Crippen MR) is 46.5 cm³/mol. The Morgan fingerprint density at radius 1 is 1.36 bits per heavy atom.